The summed E-state index contributed by atoms with van der Waals surface area (Å²) in [6.45, 7) is 4.49. The second-order valence-electron chi connectivity index (χ2n) is 3.86. The normalized spacial score (nSPS) is 37.8. The van der Waals surface area contributed by atoms with E-state index in [1.54, 1.807) is 0 Å². The van der Waals surface area contributed by atoms with E-state index in [1.807, 2.05) is 0 Å². The Labute approximate surface area is 74.0 Å². The van der Waals surface area contributed by atoms with Gasteiger partial charge in [-0.3, -0.25) is 0 Å². The Morgan fingerprint density at radius 1 is 1.17 bits per heavy atom. The molecule has 0 aromatic rings. The molecule has 0 aromatic carbocycles. The monoisotopic (exact) mass is 158 g/mol. The molecule has 0 nitrogen and oxygen atoms in total. The fourth-order valence-electron chi connectivity index (χ4n) is 2.06. The molecule has 0 N–H and O–H groups in total. The Morgan fingerprint density at radius 3 is 2.67 bits per heavy atom. The zero-order chi connectivity index (χ0) is 8.60. The minimum Gasteiger partial charge on any atom is -0.0762 e. The van der Waals surface area contributed by atoms with Crippen LogP contribution in [-0.2, 0) is 0 Å². The second-order valence-corrected chi connectivity index (χ2v) is 3.86. The molecule has 0 heterocycles. The van der Waals surface area contributed by atoms with Crippen molar-refractivity contribution < 1.29 is 0 Å². The summed E-state index contributed by atoms with van der Waals surface area (Å²) in [6, 6.07) is 0. The molecule has 12 heavy (non-hydrogen) atoms. The number of rotatable bonds is 0. The van der Waals surface area contributed by atoms with E-state index in [9.17, 15) is 0 Å². The van der Waals surface area contributed by atoms with Gasteiger partial charge in [0.05, 0.1) is 0 Å². The van der Waals surface area contributed by atoms with Crippen molar-refractivity contribution in [1.29, 1.82) is 0 Å². The Hall–Kier alpha value is -1.04. The van der Waals surface area contributed by atoms with Gasteiger partial charge in [0.25, 0.3) is 0 Å². The fourth-order valence-corrected chi connectivity index (χ4v) is 2.06. The average molecular weight is 158 g/mol. The lowest BCUT2D eigenvalue weighted by Gasteiger charge is -2.35. The lowest BCUT2D eigenvalue weighted by atomic mass is 9.69. The molecule has 0 radical (unpaired) electrons. The first-order valence-corrected chi connectivity index (χ1v) is 4.44. The number of allylic oxidation sites excluding steroid dienone is 8. The number of hydrogen-bond donors (Lipinski definition) is 0. The first kappa shape index (κ1) is 7.60. The standard InChI is InChI=1S/C12H14/c1-10-6-5-9-12(2)8-4-3-7-11(10)12/h3-9,11H,1-2H3. The topological polar surface area (TPSA) is 0 Å². The summed E-state index contributed by atoms with van der Waals surface area (Å²) in [5, 5.41) is 0. The molecule has 0 bridgehead atoms. The van der Waals surface area contributed by atoms with Crippen LogP contribution in [0.25, 0.3) is 0 Å². The van der Waals surface area contributed by atoms with Gasteiger partial charge in [0, 0.05) is 11.3 Å². The highest BCUT2D eigenvalue weighted by atomic mass is 14.3. The van der Waals surface area contributed by atoms with Crippen LogP contribution in [0.5, 0.6) is 0 Å². The molecule has 2 rings (SSSR count). The first-order valence-electron chi connectivity index (χ1n) is 4.44. The van der Waals surface area contributed by atoms with Crippen LogP contribution < -0.4 is 0 Å². The van der Waals surface area contributed by atoms with Crippen LogP contribution in [-0.4, -0.2) is 0 Å². The largest absolute Gasteiger partial charge is 0.0762 e. The molecule has 2 aliphatic carbocycles. The minimum atomic E-state index is 0.230. The van der Waals surface area contributed by atoms with Crippen molar-refractivity contribution in [2.24, 2.45) is 11.3 Å². The van der Waals surface area contributed by atoms with Crippen LogP contribution in [0, 0.1) is 11.3 Å². The summed E-state index contributed by atoms with van der Waals surface area (Å²) in [4.78, 5) is 0. The zero-order valence-corrected chi connectivity index (χ0v) is 7.62. The third kappa shape index (κ3) is 0.989. The van der Waals surface area contributed by atoms with Crippen LogP contribution in [0.2, 0.25) is 0 Å². The second kappa shape index (κ2) is 2.48. The molecule has 0 aliphatic heterocycles. The Morgan fingerprint density at radius 2 is 1.92 bits per heavy atom. The van der Waals surface area contributed by atoms with Gasteiger partial charge in [0.15, 0.2) is 0 Å². The van der Waals surface area contributed by atoms with Gasteiger partial charge in [-0.1, -0.05) is 55.0 Å². The Bertz CT molecular complexity index is 302. The maximum absolute atomic E-state index is 2.29. The van der Waals surface area contributed by atoms with Crippen LogP contribution in [0.4, 0.5) is 0 Å². The molecule has 2 aliphatic rings. The van der Waals surface area contributed by atoms with Gasteiger partial charge < -0.3 is 0 Å². The highest BCUT2D eigenvalue weighted by molar-refractivity contribution is 5.36. The Kier molecular flexibility index (Phi) is 1.57. The molecular formula is C12H14. The van der Waals surface area contributed by atoms with Gasteiger partial charge in [-0.15, -0.1) is 0 Å². The van der Waals surface area contributed by atoms with Crippen molar-refractivity contribution >= 4 is 0 Å². The average Bonchev–Trinajstić information content (AvgIpc) is 2.04. The summed E-state index contributed by atoms with van der Waals surface area (Å²) in [6.07, 6.45) is 15.5. The highest BCUT2D eigenvalue weighted by Gasteiger charge is 2.31. The lowest BCUT2D eigenvalue weighted by molar-refractivity contribution is 0.433. The minimum absolute atomic E-state index is 0.230. The molecular weight excluding hydrogens is 144 g/mol. The quantitative estimate of drug-likeness (QED) is 0.507. The van der Waals surface area contributed by atoms with Crippen LogP contribution in [0.3, 0.4) is 0 Å². The van der Waals surface area contributed by atoms with E-state index in [0.717, 1.165) is 0 Å². The molecule has 0 aromatic heterocycles. The number of hydrogen-bond acceptors (Lipinski definition) is 0. The summed E-state index contributed by atoms with van der Waals surface area (Å²) in [5.74, 6) is 0.576. The van der Waals surface area contributed by atoms with Gasteiger partial charge in [-0.05, 0) is 6.92 Å². The Balaban J connectivity index is 2.44. The van der Waals surface area contributed by atoms with E-state index < -0.39 is 0 Å². The number of fused-ring (bicyclic) bond motifs is 1. The lowest BCUT2D eigenvalue weighted by Crippen LogP contribution is -2.25. The molecule has 0 saturated carbocycles. The van der Waals surface area contributed by atoms with Crippen LogP contribution in [0.1, 0.15) is 13.8 Å². The van der Waals surface area contributed by atoms with Gasteiger partial charge in [-0.2, -0.15) is 0 Å². The van der Waals surface area contributed by atoms with Gasteiger partial charge in [-0.25, -0.2) is 0 Å². The van der Waals surface area contributed by atoms with E-state index in [4.69, 9.17) is 0 Å². The molecule has 2 unspecified atom stereocenters. The molecule has 0 spiro atoms. The molecule has 0 saturated heterocycles. The van der Waals surface area contributed by atoms with E-state index in [-0.39, 0.29) is 5.41 Å². The highest BCUT2D eigenvalue weighted by Crippen LogP contribution is 2.41. The summed E-state index contributed by atoms with van der Waals surface area (Å²) in [7, 11) is 0. The van der Waals surface area contributed by atoms with E-state index in [1.165, 1.54) is 5.57 Å². The molecule has 0 amide bonds. The van der Waals surface area contributed by atoms with E-state index in [2.05, 4.69) is 56.4 Å². The van der Waals surface area contributed by atoms with Crippen molar-refractivity contribution in [2.45, 2.75) is 13.8 Å². The smallest absolute Gasteiger partial charge is 0.0139 e. The first-order chi connectivity index (χ1) is 5.72. The fraction of sp³-hybridized carbons (Fsp3) is 0.333. The summed E-state index contributed by atoms with van der Waals surface area (Å²) < 4.78 is 0. The maximum atomic E-state index is 2.29. The van der Waals surface area contributed by atoms with Crippen LogP contribution in [0.15, 0.2) is 48.1 Å². The van der Waals surface area contributed by atoms with Crippen molar-refractivity contribution in [3.63, 3.8) is 0 Å². The SMILES string of the molecule is CC1=CC=CC2(C)C=CC=CC12. The summed E-state index contributed by atoms with van der Waals surface area (Å²) >= 11 is 0. The third-order valence-corrected chi connectivity index (χ3v) is 2.85. The summed E-state index contributed by atoms with van der Waals surface area (Å²) in [5.41, 5.74) is 1.69. The van der Waals surface area contributed by atoms with E-state index in [0.29, 0.717) is 5.92 Å². The maximum Gasteiger partial charge on any atom is 0.0139 e. The molecule has 62 valence electrons. The zero-order valence-electron chi connectivity index (χ0n) is 7.62. The third-order valence-electron chi connectivity index (χ3n) is 2.85. The van der Waals surface area contributed by atoms with Gasteiger partial charge >= 0.3 is 0 Å². The van der Waals surface area contributed by atoms with E-state index >= 15 is 0 Å². The van der Waals surface area contributed by atoms with Crippen molar-refractivity contribution in [1.82, 2.24) is 0 Å². The van der Waals surface area contributed by atoms with Crippen molar-refractivity contribution in [3.05, 3.63) is 48.1 Å². The van der Waals surface area contributed by atoms with Crippen molar-refractivity contribution in [2.75, 3.05) is 0 Å². The molecule has 0 fully saturated rings. The predicted molar refractivity (Wildman–Crippen MR) is 52.8 cm³/mol. The van der Waals surface area contributed by atoms with Crippen LogP contribution >= 0.6 is 0 Å². The van der Waals surface area contributed by atoms with Gasteiger partial charge in [0.2, 0.25) is 0 Å². The predicted octanol–water partition coefficient (Wildman–Crippen LogP) is 3.25. The molecule has 0 heteroatoms. The molecule has 2 atom stereocenters. The van der Waals surface area contributed by atoms with Crippen molar-refractivity contribution in [3.8, 4) is 0 Å². The van der Waals surface area contributed by atoms with Gasteiger partial charge in [0.1, 0.15) is 0 Å².